The molecule has 5 rings (SSSR count). The third-order valence-electron chi connectivity index (χ3n) is 7.37. The second-order valence-corrected chi connectivity index (χ2v) is 10.9. The number of hydrogen-bond acceptors (Lipinski definition) is 6. The third kappa shape index (κ3) is 5.62. The Labute approximate surface area is 229 Å². The van der Waals surface area contributed by atoms with E-state index in [4.69, 9.17) is 9.47 Å². The maximum atomic E-state index is 13.8. The fourth-order valence-corrected chi connectivity index (χ4v) is 5.55. The van der Waals surface area contributed by atoms with E-state index in [9.17, 15) is 9.59 Å². The van der Waals surface area contributed by atoms with Crippen molar-refractivity contribution in [3.63, 3.8) is 0 Å². The molecule has 0 bridgehead atoms. The van der Waals surface area contributed by atoms with Crippen molar-refractivity contribution in [1.29, 1.82) is 0 Å². The molecule has 1 atom stereocenters. The Kier molecular flexibility index (Phi) is 7.33. The van der Waals surface area contributed by atoms with Crippen molar-refractivity contribution in [2.45, 2.75) is 39.3 Å². The minimum Gasteiger partial charge on any atom is -0.497 e. The number of para-hydroxylation sites is 2. The van der Waals surface area contributed by atoms with Gasteiger partial charge in [-0.1, -0.05) is 50.2 Å². The molecule has 1 amide bonds. The highest BCUT2D eigenvalue weighted by atomic mass is 16.5. The molecule has 3 aromatic rings. The first kappa shape index (κ1) is 26.4. The van der Waals surface area contributed by atoms with Crippen LogP contribution in [0.2, 0.25) is 0 Å². The lowest BCUT2D eigenvalue weighted by Gasteiger charge is -2.38. The van der Waals surface area contributed by atoms with Gasteiger partial charge in [-0.2, -0.15) is 0 Å². The maximum absolute atomic E-state index is 13.8. The second-order valence-electron chi connectivity index (χ2n) is 10.9. The Hall–Kier alpha value is -4.26. The number of rotatable bonds is 7. The molecule has 7 nitrogen and oxygen atoms in total. The molecule has 2 N–H and O–H groups in total. The van der Waals surface area contributed by atoms with E-state index in [2.05, 4.69) is 24.5 Å². The number of Topliss-reactive ketones (excluding diaryl/α,β-unsaturated/α-hetero) is 1. The zero-order chi connectivity index (χ0) is 27.6. The van der Waals surface area contributed by atoms with E-state index in [1.54, 1.807) is 14.2 Å². The number of allylic oxidation sites excluding steroid dienone is 1. The molecule has 39 heavy (non-hydrogen) atoms. The lowest BCUT2D eigenvalue weighted by molar-refractivity contribution is -0.120. The summed E-state index contributed by atoms with van der Waals surface area (Å²) in [6, 6.07) is 22.9. The Balaban J connectivity index is 1.55. The maximum Gasteiger partial charge on any atom is 0.239 e. The minimum absolute atomic E-state index is 0.0762. The first-order valence-electron chi connectivity index (χ1n) is 13.2. The number of hydrogen-bond donors (Lipinski definition) is 2. The molecular weight excluding hydrogens is 490 g/mol. The summed E-state index contributed by atoms with van der Waals surface area (Å²) in [6.07, 6.45) is 1.19. The highest BCUT2D eigenvalue weighted by molar-refractivity contribution is 6.01. The predicted octanol–water partition coefficient (Wildman–Crippen LogP) is 5.64. The van der Waals surface area contributed by atoms with Crippen LogP contribution < -0.4 is 25.0 Å². The molecule has 0 fully saturated rings. The van der Waals surface area contributed by atoms with Gasteiger partial charge >= 0.3 is 0 Å². The van der Waals surface area contributed by atoms with Gasteiger partial charge in [0, 0.05) is 24.2 Å². The molecule has 0 aromatic heterocycles. The first-order chi connectivity index (χ1) is 18.8. The molecule has 202 valence electrons. The zero-order valence-corrected chi connectivity index (χ0v) is 22.9. The fraction of sp³-hybridized carbons (Fsp3) is 0.312. The summed E-state index contributed by atoms with van der Waals surface area (Å²) >= 11 is 0. The number of methoxy groups -OCH3 is 2. The number of ether oxygens (including phenoxy) is 2. The number of benzene rings is 3. The number of anilines is 2. The second kappa shape index (κ2) is 10.8. The molecular formula is C32H35N3O4. The van der Waals surface area contributed by atoms with Crippen LogP contribution >= 0.6 is 0 Å². The van der Waals surface area contributed by atoms with E-state index in [-0.39, 0.29) is 23.7 Å². The van der Waals surface area contributed by atoms with E-state index in [1.807, 2.05) is 77.7 Å². The summed E-state index contributed by atoms with van der Waals surface area (Å²) < 4.78 is 10.7. The van der Waals surface area contributed by atoms with E-state index >= 15 is 0 Å². The van der Waals surface area contributed by atoms with Crippen LogP contribution in [-0.2, 0) is 16.1 Å². The smallest absolute Gasteiger partial charge is 0.239 e. The van der Waals surface area contributed by atoms with Gasteiger partial charge in [-0.15, -0.1) is 0 Å². The summed E-state index contributed by atoms with van der Waals surface area (Å²) in [7, 11) is 3.26. The Morgan fingerprint density at radius 3 is 2.46 bits per heavy atom. The van der Waals surface area contributed by atoms with Crippen molar-refractivity contribution in [1.82, 2.24) is 5.32 Å². The molecule has 0 radical (unpaired) electrons. The van der Waals surface area contributed by atoms with Crippen LogP contribution in [0.5, 0.6) is 11.5 Å². The molecule has 3 aromatic carbocycles. The van der Waals surface area contributed by atoms with Crippen LogP contribution in [0.3, 0.4) is 0 Å². The monoisotopic (exact) mass is 525 g/mol. The van der Waals surface area contributed by atoms with Gasteiger partial charge in [0.2, 0.25) is 5.91 Å². The average molecular weight is 526 g/mol. The Morgan fingerprint density at radius 1 is 0.974 bits per heavy atom. The van der Waals surface area contributed by atoms with Crippen LogP contribution in [0.4, 0.5) is 11.4 Å². The van der Waals surface area contributed by atoms with Crippen LogP contribution in [0.25, 0.3) is 0 Å². The first-order valence-corrected chi connectivity index (χ1v) is 13.2. The van der Waals surface area contributed by atoms with Crippen molar-refractivity contribution < 1.29 is 19.1 Å². The number of carbonyl (C=O) groups excluding carboxylic acids is 2. The number of amides is 1. The van der Waals surface area contributed by atoms with E-state index in [0.717, 1.165) is 51.7 Å². The average Bonchev–Trinajstić information content (AvgIpc) is 3.06. The summed E-state index contributed by atoms with van der Waals surface area (Å²) in [5.41, 5.74) is 5.10. The molecule has 0 spiro atoms. The highest BCUT2D eigenvalue weighted by Crippen LogP contribution is 2.48. The summed E-state index contributed by atoms with van der Waals surface area (Å²) in [5.74, 6) is 1.44. The SMILES string of the molecule is COc1ccc(C2C3=C(CC(C)(C)CC3=O)Nc3ccccc3N2CC(=O)NCc2cccc(OC)c2)cc1. The van der Waals surface area contributed by atoms with Crippen molar-refractivity contribution in [3.05, 3.63) is 95.2 Å². The molecule has 1 heterocycles. The van der Waals surface area contributed by atoms with Gasteiger partial charge in [0.05, 0.1) is 38.2 Å². The normalized spacial score (nSPS) is 17.9. The van der Waals surface area contributed by atoms with Crippen LogP contribution in [0, 0.1) is 5.41 Å². The fourth-order valence-electron chi connectivity index (χ4n) is 5.55. The predicted molar refractivity (Wildman–Crippen MR) is 153 cm³/mol. The number of carbonyl (C=O) groups is 2. The molecule has 0 saturated heterocycles. The quantitative estimate of drug-likeness (QED) is 0.416. The van der Waals surface area contributed by atoms with E-state index < -0.39 is 6.04 Å². The summed E-state index contributed by atoms with van der Waals surface area (Å²) in [5, 5.41) is 6.65. The van der Waals surface area contributed by atoms with Crippen molar-refractivity contribution in [2.24, 2.45) is 5.41 Å². The lowest BCUT2D eigenvalue weighted by atomic mass is 9.73. The minimum atomic E-state index is -0.437. The molecule has 1 unspecified atom stereocenters. The number of ketones is 1. The van der Waals surface area contributed by atoms with Crippen LogP contribution in [-0.4, -0.2) is 32.5 Å². The van der Waals surface area contributed by atoms with E-state index in [1.165, 1.54) is 0 Å². The highest BCUT2D eigenvalue weighted by Gasteiger charge is 2.41. The summed E-state index contributed by atoms with van der Waals surface area (Å²) in [4.78, 5) is 29.3. The van der Waals surface area contributed by atoms with Crippen LogP contribution in [0.15, 0.2) is 84.1 Å². The Morgan fingerprint density at radius 2 is 1.72 bits per heavy atom. The number of nitrogens with one attached hydrogen (secondary N) is 2. The molecule has 2 aliphatic rings. The third-order valence-corrected chi connectivity index (χ3v) is 7.37. The molecule has 1 aliphatic heterocycles. The Bertz CT molecular complexity index is 1410. The largest absolute Gasteiger partial charge is 0.497 e. The van der Waals surface area contributed by atoms with Gasteiger partial charge in [0.25, 0.3) is 0 Å². The number of fused-ring (bicyclic) bond motifs is 1. The van der Waals surface area contributed by atoms with Crippen LogP contribution in [0.1, 0.15) is 43.9 Å². The molecule has 7 heteroatoms. The molecule has 0 saturated carbocycles. The van der Waals surface area contributed by atoms with Crippen molar-refractivity contribution in [3.8, 4) is 11.5 Å². The zero-order valence-electron chi connectivity index (χ0n) is 22.9. The molecule has 1 aliphatic carbocycles. The van der Waals surface area contributed by atoms with Crippen molar-refractivity contribution in [2.75, 3.05) is 31.0 Å². The van der Waals surface area contributed by atoms with Crippen molar-refractivity contribution >= 4 is 23.1 Å². The standard InChI is InChI=1S/C32H35N3O4/c1-32(2)17-26-30(28(36)18-32)31(22-12-14-23(38-3)15-13-22)35(27-11-6-5-10-25(27)34-26)20-29(37)33-19-21-8-7-9-24(16-21)39-4/h5-16,31,34H,17-20H2,1-4H3,(H,33,37). The topological polar surface area (TPSA) is 79.9 Å². The van der Waals surface area contributed by atoms with Gasteiger partial charge < -0.3 is 25.0 Å². The van der Waals surface area contributed by atoms with Gasteiger partial charge in [-0.05, 0) is 59.4 Å². The van der Waals surface area contributed by atoms with E-state index in [0.29, 0.717) is 13.0 Å². The summed E-state index contributed by atoms with van der Waals surface area (Å²) in [6.45, 7) is 4.70. The number of nitrogens with zero attached hydrogens (tertiary/aromatic N) is 1. The lowest BCUT2D eigenvalue weighted by Crippen LogP contribution is -2.41. The van der Waals surface area contributed by atoms with Gasteiger partial charge in [-0.25, -0.2) is 0 Å². The van der Waals surface area contributed by atoms with Gasteiger partial charge in [0.15, 0.2) is 5.78 Å². The van der Waals surface area contributed by atoms with Gasteiger partial charge in [-0.3, -0.25) is 9.59 Å². The van der Waals surface area contributed by atoms with Gasteiger partial charge in [0.1, 0.15) is 11.5 Å².